The number of halogens is 2. The Morgan fingerprint density at radius 2 is 1.92 bits per heavy atom. The van der Waals surface area contributed by atoms with Crippen LogP contribution in [0.1, 0.15) is 61.9 Å². The van der Waals surface area contributed by atoms with E-state index in [2.05, 4.69) is 15.4 Å². The van der Waals surface area contributed by atoms with Gasteiger partial charge < -0.3 is 11.1 Å². The minimum absolute atomic E-state index is 0. The molecule has 1 saturated carbocycles. The molecule has 0 radical (unpaired) electrons. The Hall–Kier alpha value is -1.99. The van der Waals surface area contributed by atoms with Crippen LogP contribution in [-0.4, -0.2) is 32.8 Å². The highest BCUT2D eigenvalue weighted by Crippen LogP contribution is 2.20. The number of carbonyl (C=O) groups excluding carboxylic acids is 1. The van der Waals surface area contributed by atoms with Gasteiger partial charge in [-0.05, 0) is 37.8 Å². The number of hydrogen-bond acceptors (Lipinski definition) is 4. The molecule has 0 bridgehead atoms. The first-order chi connectivity index (χ1) is 12.0. The van der Waals surface area contributed by atoms with Gasteiger partial charge in [-0.25, -0.2) is 14.1 Å². The minimum atomic E-state index is -0.400. The van der Waals surface area contributed by atoms with E-state index in [1.807, 2.05) is 13.8 Å². The number of nitrogens with two attached hydrogens (primary N) is 1. The van der Waals surface area contributed by atoms with Crippen molar-refractivity contribution in [2.45, 2.75) is 57.5 Å². The number of nitrogens with zero attached hydrogens (tertiary/aromatic N) is 3. The van der Waals surface area contributed by atoms with Gasteiger partial charge in [-0.15, -0.1) is 17.5 Å². The fourth-order valence-corrected chi connectivity index (χ4v) is 3.11. The van der Waals surface area contributed by atoms with Crippen molar-refractivity contribution in [2.75, 3.05) is 0 Å². The molecule has 0 atom stereocenters. The monoisotopic (exact) mass is 381 g/mol. The van der Waals surface area contributed by atoms with Gasteiger partial charge in [0.15, 0.2) is 0 Å². The summed E-state index contributed by atoms with van der Waals surface area (Å²) in [7, 11) is 0. The van der Waals surface area contributed by atoms with Gasteiger partial charge in [0, 0.05) is 18.0 Å². The predicted molar refractivity (Wildman–Crippen MR) is 100 cm³/mol. The van der Waals surface area contributed by atoms with Crippen molar-refractivity contribution in [1.82, 2.24) is 20.1 Å². The lowest BCUT2D eigenvalue weighted by atomic mass is 9.92. The van der Waals surface area contributed by atoms with Crippen LogP contribution in [0.3, 0.4) is 0 Å². The molecule has 6 nitrogen and oxygen atoms in total. The lowest BCUT2D eigenvalue weighted by Crippen LogP contribution is -2.40. The molecule has 0 saturated heterocycles. The van der Waals surface area contributed by atoms with E-state index in [9.17, 15) is 9.18 Å². The molecule has 1 aliphatic carbocycles. The first-order valence-electron chi connectivity index (χ1n) is 8.74. The van der Waals surface area contributed by atoms with E-state index >= 15 is 0 Å². The van der Waals surface area contributed by atoms with E-state index < -0.39 is 5.82 Å². The van der Waals surface area contributed by atoms with Crippen molar-refractivity contribution in [2.24, 2.45) is 5.73 Å². The van der Waals surface area contributed by atoms with Crippen LogP contribution in [0.4, 0.5) is 4.39 Å². The zero-order chi connectivity index (χ0) is 18.0. The van der Waals surface area contributed by atoms with Crippen LogP contribution >= 0.6 is 12.4 Å². The molecule has 1 fully saturated rings. The van der Waals surface area contributed by atoms with Gasteiger partial charge in [-0.1, -0.05) is 26.0 Å². The summed E-state index contributed by atoms with van der Waals surface area (Å²) in [6.45, 7) is 3.87. The predicted octanol–water partition coefficient (Wildman–Crippen LogP) is 2.95. The molecule has 26 heavy (non-hydrogen) atoms. The average Bonchev–Trinajstić information content (AvgIpc) is 3.03. The Bertz CT molecular complexity index is 756. The molecule has 1 aromatic heterocycles. The summed E-state index contributed by atoms with van der Waals surface area (Å²) in [4.78, 5) is 16.9. The van der Waals surface area contributed by atoms with Crippen LogP contribution in [0, 0.1) is 5.82 Å². The number of carbonyl (C=O) groups is 1. The number of benzene rings is 1. The maximum Gasteiger partial charge on any atom is 0.291 e. The highest BCUT2D eigenvalue weighted by atomic mass is 35.5. The molecular weight excluding hydrogens is 357 g/mol. The summed E-state index contributed by atoms with van der Waals surface area (Å²) in [5.41, 5.74) is 6.19. The van der Waals surface area contributed by atoms with Crippen molar-refractivity contribution in [3.05, 3.63) is 41.7 Å². The number of aromatic nitrogens is 3. The van der Waals surface area contributed by atoms with Crippen LogP contribution in [0.2, 0.25) is 0 Å². The third-order valence-electron chi connectivity index (χ3n) is 4.54. The van der Waals surface area contributed by atoms with Crippen LogP contribution in [-0.2, 0) is 0 Å². The summed E-state index contributed by atoms with van der Waals surface area (Å²) < 4.78 is 15.6. The van der Waals surface area contributed by atoms with Gasteiger partial charge >= 0.3 is 0 Å². The number of hydrogen-bond donors (Lipinski definition) is 2. The Labute approximate surface area is 158 Å². The molecule has 0 spiro atoms. The molecule has 142 valence electrons. The molecule has 1 heterocycles. The molecule has 1 aliphatic rings. The molecule has 3 N–H and O–H groups in total. The van der Waals surface area contributed by atoms with Crippen molar-refractivity contribution in [1.29, 1.82) is 0 Å². The SMILES string of the molecule is CC(C)c1nc(C(=O)NC2CCC(N)CC2)nn1-c1ccccc1F.Cl. The maximum atomic E-state index is 14.1. The molecule has 1 aromatic carbocycles. The zero-order valence-electron chi connectivity index (χ0n) is 15.0. The maximum absolute atomic E-state index is 14.1. The van der Waals surface area contributed by atoms with Crippen LogP contribution in [0.5, 0.6) is 0 Å². The summed E-state index contributed by atoms with van der Waals surface area (Å²) in [6, 6.07) is 6.66. The first-order valence-corrected chi connectivity index (χ1v) is 8.74. The van der Waals surface area contributed by atoms with Gasteiger partial charge in [0.25, 0.3) is 5.91 Å². The average molecular weight is 382 g/mol. The summed E-state index contributed by atoms with van der Waals surface area (Å²) >= 11 is 0. The lowest BCUT2D eigenvalue weighted by Gasteiger charge is -2.26. The normalized spacial score (nSPS) is 19.9. The number of nitrogens with one attached hydrogen (secondary N) is 1. The van der Waals surface area contributed by atoms with E-state index in [0.29, 0.717) is 11.5 Å². The smallest absolute Gasteiger partial charge is 0.291 e. The van der Waals surface area contributed by atoms with E-state index in [1.54, 1.807) is 18.2 Å². The molecular formula is C18H25ClFN5O. The second-order valence-corrected chi connectivity index (χ2v) is 6.90. The van der Waals surface area contributed by atoms with Gasteiger partial charge in [0.2, 0.25) is 5.82 Å². The molecule has 1 amide bonds. The van der Waals surface area contributed by atoms with Crippen LogP contribution in [0.15, 0.2) is 24.3 Å². The van der Waals surface area contributed by atoms with Crippen molar-refractivity contribution < 1.29 is 9.18 Å². The van der Waals surface area contributed by atoms with Crippen LogP contribution < -0.4 is 11.1 Å². The molecule has 0 aliphatic heterocycles. The second kappa shape index (κ2) is 8.60. The number of para-hydroxylation sites is 1. The standard InChI is InChI=1S/C18H24FN5O.ClH/c1-11(2)17-22-16(18(25)21-13-9-7-12(20)8-10-13)23-24(17)15-6-4-3-5-14(15)19;/h3-6,11-13H,7-10,20H2,1-2H3,(H,21,25);1H. The molecule has 2 aromatic rings. The van der Waals surface area contributed by atoms with E-state index in [-0.39, 0.29) is 42.1 Å². The van der Waals surface area contributed by atoms with E-state index in [0.717, 1.165) is 25.7 Å². The van der Waals surface area contributed by atoms with Gasteiger partial charge in [0.05, 0.1) is 0 Å². The topological polar surface area (TPSA) is 85.8 Å². The minimum Gasteiger partial charge on any atom is -0.347 e. The highest BCUT2D eigenvalue weighted by Gasteiger charge is 2.24. The second-order valence-electron chi connectivity index (χ2n) is 6.90. The Balaban J connectivity index is 0.00000243. The fraction of sp³-hybridized carbons (Fsp3) is 0.500. The van der Waals surface area contributed by atoms with Crippen molar-refractivity contribution >= 4 is 18.3 Å². The third kappa shape index (κ3) is 4.40. The van der Waals surface area contributed by atoms with Crippen LogP contribution in [0.25, 0.3) is 5.69 Å². The van der Waals surface area contributed by atoms with Gasteiger partial charge in [-0.2, -0.15) is 0 Å². The Morgan fingerprint density at radius 1 is 1.27 bits per heavy atom. The Kier molecular flexibility index (Phi) is 6.72. The fourth-order valence-electron chi connectivity index (χ4n) is 3.11. The highest BCUT2D eigenvalue weighted by molar-refractivity contribution is 5.90. The summed E-state index contributed by atoms with van der Waals surface area (Å²) in [5, 5.41) is 7.25. The van der Waals surface area contributed by atoms with Gasteiger partial charge in [0.1, 0.15) is 17.3 Å². The first kappa shape index (κ1) is 20.3. The third-order valence-corrected chi connectivity index (χ3v) is 4.54. The summed E-state index contributed by atoms with van der Waals surface area (Å²) in [6.07, 6.45) is 3.52. The van der Waals surface area contributed by atoms with E-state index in [1.165, 1.54) is 10.7 Å². The Morgan fingerprint density at radius 3 is 2.54 bits per heavy atom. The van der Waals surface area contributed by atoms with Gasteiger partial charge in [-0.3, -0.25) is 4.79 Å². The van der Waals surface area contributed by atoms with Crippen molar-refractivity contribution in [3.63, 3.8) is 0 Å². The zero-order valence-corrected chi connectivity index (χ0v) is 15.8. The molecule has 3 rings (SSSR count). The largest absolute Gasteiger partial charge is 0.347 e. The number of rotatable bonds is 4. The van der Waals surface area contributed by atoms with E-state index in [4.69, 9.17) is 5.73 Å². The van der Waals surface area contributed by atoms with Crippen molar-refractivity contribution in [3.8, 4) is 5.69 Å². The lowest BCUT2D eigenvalue weighted by molar-refractivity contribution is 0.0915. The quantitative estimate of drug-likeness (QED) is 0.852. The number of amides is 1. The molecule has 0 unspecified atom stereocenters. The summed E-state index contributed by atoms with van der Waals surface area (Å²) in [5.74, 6) is -0.0935. The molecule has 8 heteroatoms.